The van der Waals surface area contributed by atoms with E-state index < -0.39 is 28.5 Å². The second-order valence-electron chi connectivity index (χ2n) is 7.70. The topological polar surface area (TPSA) is 145 Å². The van der Waals surface area contributed by atoms with E-state index in [1.807, 2.05) is 0 Å². The van der Waals surface area contributed by atoms with Gasteiger partial charge in [-0.25, -0.2) is 0 Å². The number of nitrogens with zero attached hydrogens (tertiary/aromatic N) is 4. The molecule has 0 aliphatic rings. The van der Waals surface area contributed by atoms with Gasteiger partial charge in [0.25, 0.3) is 11.6 Å². The molecule has 2 heterocycles. The van der Waals surface area contributed by atoms with E-state index in [-0.39, 0.29) is 45.4 Å². The standard InChI is InChI=1S/C23H16ClF3N6O5S/c24-16-8-3-13(23(25,26)27)10-17(16)29-20(34)12-39-22-31-30-19(11-28-21(35)18-2-1-9-38-18)32(22)14-4-6-15(7-5-14)33(36)37/h1-10H,11-12H2,(H,28,35)(H,29,34). The lowest BCUT2D eigenvalue weighted by molar-refractivity contribution is -0.384. The van der Waals surface area contributed by atoms with Crippen LogP contribution in [0.1, 0.15) is 21.9 Å². The number of anilines is 1. The van der Waals surface area contributed by atoms with Gasteiger partial charge >= 0.3 is 6.18 Å². The van der Waals surface area contributed by atoms with Gasteiger partial charge < -0.3 is 15.1 Å². The Morgan fingerprint density at radius 2 is 1.87 bits per heavy atom. The number of hydrogen-bond donors (Lipinski definition) is 2. The zero-order valence-corrected chi connectivity index (χ0v) is 21.0. The van der Waals surface area contributed by atoms with Crippen molar-refractivity contribution in [2.45, 2.75) is 17.9 Å². The number of carbonyl (C=O) groups excluding carboxylic acids is 2. The van der Waals surface area contributed by atoms with E-state index in [9.17, 15) is 32.9 Å². The first-order valence-corrected chi connectivity index (χ1v) is 12.2. The number of nitro groups is 1. The third-order valence-corrected chi connectivity index (χ3v) is 6.33. The maximum absolute atomic E-state index is 13.0. The molecule has 4 aromatic rings. The quantitative estimate of drug-likeness (QED) is 0.158. The predicted octanol–water partition coefficient (Wildman–Crippen LogP) is 5.10. The molecule has 0 atom stereocenters. The minimum Gasteiger partial charge on any atom is -0.459 e. The number of non-ortho nitro benzene ring substituents is 1. The maximum atomic E-state index is 13.0. The highest BCUT2D eigenvalue weighted by Gasteiger charge is 2.31. The fourth-order valence-corrected chi connectivity index (χ4v) is 4.19. The molecule has 0 radical (unpaired) electrons. The van der Waals surface area contributed by atoms with Gasteiger partial charge in [-0.05, 0) is 42.5 Å². The number of nitrogens with one attached hydrogen (secondary N) is 2. The number of halogens is 4. The molecule has 0 aliphatic carbocycles. The number of amides is 2. The van der Waals surface area contributed by atoms with E-state index in [4.69, 9.17) is 16.0 Å². The molecule has 16 heteroatoms. The molecule has 0 aliphatic heterocycles. The van der Waals surface area contributed by atoms with Gasteiger partial charge in [0.15, 0.2) is 16.7 Å². The first-order chi connectivity index (χ1) is 18.5. The molecule has 0 saturated heterocycles. The fourth-order valence-electron chi connectivity index (χ4n) is 3.26. The van der Waals surface area contributed by atoms with E-state index in [1.165, 1.54) is 41.2 Å². The number of alkyl halides is 3. The summed E-state index contributed by atoms with van der Waals surface area (Å²) in [6, 6.07) is 11.0. The van der Waals surface area contributed by atoms with Crippen molar-refractivity contribution in [2.24, 2.45) is 0 Å². The molecule has 39 heavy (non-hydrogen) atoms. The van der Waals surface area contributed by atoms with Crippen LogP contribution < -0.4 is 10.6 Å². The highest BCUT2D eigenvalue weighted by Crippen LogP contribution is 2.34. The fraction of sp³-hybridized carbons (Fsp3) is 0.130. The van der Waals surface area contributed by atoms with E-state index >= 15 is 0 Å². The molecule has 0 bridgehead atoms. The molecule has 2 N–H and O–H groups in total. The van der Waals surface area contributed by atoms with Crippen molar-refractivity contribution >= 4 is 46.6 Å². The molecule has 2 aromatic heterocycles. The Hall–Kier alpha value is -4.37. The van der Waals surface area contributed by atoms with Crippen LogP contribution in [-0.4, -0.2) is 37.3 Å². The molecule has 202 valence electrons. The van der Waals surface area contributed by atoms with Crippen LogP contribution in [0, 0.1) is 10.1 Å². The van der Waals surface area contributed by atoms with Gasteiger partial charge in [-0.15, -0.1) is 10.2 Å². The van der Waals surface area contributed by atoms with Gasteiger partial charge in [-0.3, -0.25) is 24.3 Å². The van der Waals surface area contributed by atoms with Crippen LogP contribution in [0.5, 0.6) is 0 Å². The van der Waals surface area contributed by atoms with Crippen molar-refractivity contribution in [3.8, 4) is 5.69 Å². The first kappa shape index (κ1) is 27.7. The summed E-state index contributed by atoms with van der Waals surface area (Å²) in [7, 11) is 0. The SMILES string of the molecule is O=C(CSc1nnc(CNC(=O)c2ccco2)n1-c1ccc([N+](=O)[O-])cc1)Nc1cc(C(F)(F)F)ccc1Cl. The molecule has 2 amide bonds. The van der Waals surface area contributed by atoms with Gasteiger partial charge in [0, 0.05) is 17.8 Å². The van der Waals surface area contributed by atoms with E-state index in [1.54, 1.807) is 6.07 Å². The lowest BCUT2D eigenvalue weighted by Gasteiger charge is -2.12. The number of benzene rings is 2. The monoisotopic (exact) mass is 580 g/mol. The van der Waals surface area contributed by atoms with E-state index in [2.05, 4.69) is 20.8 Å². The summed E-state index contributed by atoms with van der Waals surface area (Å²) in [4.78, 5) is 35.3. The van der Waals surface area contributed by atoms with Crippen molar-refractivity contribution in [3.63, 3.8) is 0 Å². The number of nitro benzene ring substituents is 1. The molecule has 0 fully saturated rings. The van der Waals surface area contributed by atoms with Crippen LogP contribution >= 0.6 is 23.4 Å². The van der Waals surface area contributed by atoms with Gasteiger partial charge in [0.1, 0.15) is 0 Å². The van der Waals surface area contributed by atoms with E-state index in [0.29, 0.717) is 5.69 Å². The zero-order chi connectivity index (χ0) is 28.2. The molecule has 0 unspecified atom stereocenters. The predicted molar refractivity (Wildman–Crippen MR) is 134 cm³/mol. The van der Waals surface area contributed by atoms with Crippen molar-refractivity contribution in [3.05, 3.63) is 93.1 Å². The third kappa shape index (κ3) is 6.74. The summed E-state index contributed by atoms with van der Waals surface area (Å²) >= 11 is 6.84. The first-order valence-electron chi connectivity index (χ1n) is 10.8. The largest absolute Gasteiger partial charge is 0.459 e. The van der Waals surface area contributed by atoms with Gasteiger partial charge in [0.05, 0.1) is 39.8 Å². The van der Waals surface area contributed by atoms with Gasteiger partial charge in [0.2, 0.25) is 5.91 Å². The summed E-state index contributed by atoms with van der Waals surface area (Å²) in [5.74, 6) is -1.20. The Labute approximate surface area is 226 Å². The molecular formula is C23H16ClF3N6O5S. The second-order valence-corrected chi connectivity index (χ2v) is 9.05. The Morgan fingerprint density at radius 3 is 2.51 bits per heavy atom. The molecule has 0 spiro atoms. The summed E-state index contributed by atoms with van der Waals surface area (Å²) in [5.41, 5.74) is -0.952. The van der Waals surface area contributed by atoms with Crippen molar-refractivity contribution < 1.29 is 32.1 Å². The maximum Gasteiger partial charge on any atom is 0.416 e. The minimum atomic E-state index is -4.62. The Morgan fingerprint density at radius 1 is 1.13 bits per heavy atom. The molecule has 0 saturated carbocycles. The number of furan rings is 1. The number of carbonyl (C=O) groups is 2. The van der Waals surface area contributed by atoms with Crippen LogP contribution in [0.4, 0.5) is 24.5 Å². The Bertz CT molecular complexity index is 1510. The second kappa shape index (κ2) is 11.6. The molecule has 2 aromatic carbocycles. The molecule has 11 nitrogen and oxygen atoms in total. The molecular weight excluding hydrogens is 565 g/mol. The summed E-state index contributed by atoms with van der Waals surface area (Å²) in [6.45, 7) is -0.115. The highest BCUT2D eigenvalue weighted by molar-refractivity contribution is 7.99. The average Bonchev–Trinajstić information content (AvgIpc) is 3.57. The lowest BCUT2D eigenvalue weighted by atomic mass is 10.2. The Balaban J connectivity index is 1.53. The van der Waals surface area contributed by atoms with Crippen LogP contribution in [0.2, 0.25) is 5.02 Å². The van der Waals surface area contributed by atoms with Crippen LogP contribution in [0.3, 0.4) is 0 Å². The van der Waals surface area contributed by atoms with Gasteiger partial charge in [-0.1, -0.05) is 23.4 Å². The van der Waals surface area contributed by atoms with Crippen LogP contribution in [-0.2, 0) is 17.5 Å². The summed E-state index contributed by atoms with van der Waals surface area (Å²) in [5, 5.41) is 24.2. The third-order valence-electron chi connectivity index (χ3n) is 5.07. The van der Waals surface area contributed by atoms with Crippen LogP contribution in [0.15, 0.2) is 70.4 Å². The van der Waals surface area contributed by atoms with E-state index in [0.717, 1.165) is 30.0 Å². The highest BCUT2D eigenvalue weighted by atomic mass is 35.5. The number of aromatic nitrogens is 3. The number of thioether (sulfide) groups is 1. The van der Waals surface area contributed by atoms with Crippen LogP contribution in [0.25, 0.3) is 5.69 Å². The van der Waals surface area contributed by atoms with Crippen molar-refractivity contribution in [2.75, 3.05) is 11.1 Å². The van der Waals surface area contributed by atoms with Crippen molar-refractivity contribution in [1.29, 1.82) is 0 Å². The summed E-state index contributed by atoms with van der Waals surface area (Å²) in [6.07, 6.45) is -3.29. The zero-order valence-electron chi connectivity index (χ0n) is 19.4. The number of rotatable bonds is 9. The normalized spacial score (nSPS) is 11.3. The minimum absolute atomic E-state index is 0.0657. The number of hydrogen-bond acceptors (Lipinski definition) is 8. The van der Waals surface area contributed by atoms with Gasteiger partial charge in [-0.2, -0.15) is 13.2 Å². The average molecular weight is 581 g/mol. The summed E-state index contributed by atoms with van der Waals surface area (Å²) < 4.78 is 45.6. The lowest BCUT2D eigenvalue weighted by Crippen LogP contribution is -2.24. The van der Waals surface area contributed by atoms with Crippen molar-refractivity contribution in [1.82, 2.24) is 20.1 Å². The molecule has 4 rings (SSSR count). The smallest absolute Gasteiger partial charge is 0.416 e. The Kier molecular flexibility index (Phi) is 8.21.